The van der Waals surface area contributed by atoms with Crippen molar-refractivity contribution >= 4 is 17.7 Å². The molecule has 2 aromatic rings. The van der Waals surface area contributed by atoms with Gasteiger partial charge in [-0.1, -0.05) is 44.2 Å². The molecule has 0 unspecified atom stereocenters. The van der Waals surface area contributed by atoms with Gasteiger partial charge in [0.15, 0.2) is 0 Å². The van der Waals surface area contributed by atoms with Gasteiger partial charge in [0.25, 0.3) is 0 Å². The van der Waals surface area contributed by atoms with E-state index in [1.165, 1.54) is 0 Å². The third-order valence-corrected chi connectivity index (χ3v) is 5.66. The number of hydrogen-bond acceptors (Lipinski definition) is 5. The minimum Gasteiger partial charge on any atom is -0.497 e. The molecule has 0 aliphatic carbocycles. The van der Waals surface area contributed by atoms with Crippen LogP contribution in [0.3, 0.4) is 0 Å². The summed E-state index contributed by atoms with van der Waals surface area (Å²) in [6, 6.07) is 16.8. The van der Waals surface area contributed by atoms with Gasteiger partial charge in [-0.05, 0) is 42.2 Å². The largest absolute Gasteiger partial charge is 0.497 e. The second kappa shape index (κ2) is 11.4. The van der Waals surface area contributed by atoms with Crippen molar-refractivity contribution in [2.24, 2.45) is 5.92 Å². The van der Waals surface area contributed by atoms with Crippen LogP contribution in [0.4, 0.5) is 10.5 Å². The average molecular weight is 440 g/mol. The molecule has 1 saturated heterocycles. The van der Waals surface area contributed by atoms with Crippen molar-refractivity contribution in [3.63, 3.8) is 0 Å². The van der Waals surface area contributed by atoms with Crippen molar-refractivity contribution in [1.82, 2.24) is 10.2 Å². The quantitative estimate of drug-likeness (QED) is 0.713. The molecule has 7 heteroatoms. The molecule has 172 valence electrons. The molecule has 1 N–H and O–H groups in total. The first-order valence-corrected chi connectivity index (χ1v) is 11.1. The van der Waals surface area contributed by atoms with Crippen LogP contribution in [0, 0.1) is 5.92 Å². The van der Waals surface area contributed by atoms with Gasteiger partial charge in [0.05, 0.1) is 7.11 Å². The Hall–Kier alpha value is -3.22. The first-order valence-electron chi connectivity index (χ1n) is 11.1. The Morgan fingerprint density at radius 1 is 0.969 bits per heavy atom. The Bertz CT molecular complexity index is 871. The highest BCUT2D eigenvalue weighted by Gasteiger charge is 2.30. The van der Waals surface area contributed by atoms with Crippen molar-refractivity contribution in [1.29, 1.82) is 0 Å². The van der Waals surface area contributed by atoms with Crippen LogP contribution in [-0.4, -0.2) is 56.2 Å². The molecule has 2 amide bonds. The van der Waals surface area contributed by atoms with Gasteiger partial charge in [-0.15, -0.1) is 0 Å². The van der Waals surface area contributed by atoms with E-state index in [0.29, 0.717) is 13.1 Å². The SMILES string of the molecule is COc1ccc(N2CCCN(C(=O)[C@@H](NC(=O)OCc3ccccc3)C(C)C)CC2)cc1. The van der Waals surface area contributed by atoms with Gasteiger partial charge in [0.2, 0.25) is 5.91 Å². The van der Waals surface area contributed by atoms with Gasteiger partial charge in [-0.3, -0.25) is 4.79 Å². The Labute approximate surface area is 190 Å². The summed E-state index contributed by atoms with van der Waals surface area (Å²) in [5, 5.41) is 2.78. The molecule has 1 heterocycles. The van der Waals surface area contributed by atoms with E-state index < -0.39 is 12.1 Å². The smallest absolute Gasteiger partial charge is 0.408 e. The predicted octanol–water partition coefficient (Wildman–Crippen LogP) is 3.68. The number of rotatable bonds is 7. The highest BCUT2D eigenvalue weighted by molar-refractivity contribution is 5.86. The first kappa shape index (κ1) is 23.4. The second-order valence-electron chi connectivity index (χ2n) is 8.29. The Balaban J connectivity index is 1.56. The second-order valence-corrected chi connectivity index (χ2v) is 8.29. The summed E-state index contributed by atoms with van der Waals surface area (Å²) in [4.78, 5) is 29.7. The lowest BCUT2D eigenvalue weighted by molar-refractivity contribution is -0.134. The fraction of sp³-hybridized carbons (Fsp3) is 0.440. The van der Waals surface area contributed by atoms with Crippen LogP contribution in [0.25, 0.3) is 0 Å². The van der Waals surface area contributed by atoms with Gasteiger partial charge in [-0.2, -0.15) is 0 Å². The third kappa shape index (κ3) is 6.39. The van der Waals surface area contributed by atoms with Crippen molar-refractivity contribution in [2.75, 3.05) is 38.2 Å². The van der Waals surface area contributed by atoms with E-state index in [4.69, 9.17) is 9.47 Å². The normalized spacial score (nSPS) is 15.1. The topological polar surface area (TPSA) is 71.1 Å². The zero-order chi connectivity index (χ0) is 22.9. The van der Waals surface area contributed by atoms with Gasteiger partial charge < -0.3 is 24.6 Å². The molecule has 1 aliphatic rings. The molecule has 0 aromatic heterocycles. The highest BCUT2D eigenvalue weighted by Crippen LogP contribution is 2.21. The summed E-state index contributed by atoms with van der Waals surface area (Å²) < 4.78 is 10.6. The van der Waals surface area contributed by atoms with Crippen LogP contribution in [0.1, 0.15) is 25.8 Å². The van der Waals surface area contributed by atoms with E-state index in [-0.39, 0.29) is 18.4 Å². The summed E-state index contributed by atoms with van der Waals surface area (Å²) in [6.45, 7) is 6.91. The van der Waals surface area contributed by atoms with E-state index in [9.17, 15) is 9.59 Å². The van der Waals surface area contributed by atoms with Crippen molar-refractivity contribution in [3.05, 3.63) is 60.2 Å². The van der Waals surface area contributed by atoms with Crippen LogP contribution >= 0.6 is 0 Å². The van der Waals surface area contributed by atoms with Gasteiger partial charge in [-0.25, -0.2) is 4.79 Å². The monoisotopic (exact) mass is 439 g/mol. The molecule has 0 spiro atoms. The zero-order valence-electron chi connectivity index (χ0n) is 19.1. The predicted molar refractivity (Wildman–Crippen MR) is 125 cm³/mol. The number of hydrogen-bond donors (Lipinski definition) is 1. The Morgan fingerprint density at radius 2 is 1.69 bits per heavy atom. The van der Waals surface area contributed by atoms with E-state index in [1.807, 2.05) is 73.3 Å². The molecule has 0 radical (unpaired) electrons. The standard InChI is InChI=1S/C25H33N3O4/c1-19(2)23(26-25(30)32-18-20-8-5-4-6-9-20)24(29)28-15-7-14-27(16-17-28)21-10-12-22(31-3)13-11-21/h4-6,8-13,19,23H,7,14-18H2,1-3H3,(H,26,30)/t23-/m0/s1. The van der Waals surface area contributed by atoms with Crippen LogP contribution in [0.2, 0.25) is 0 Å². The van der Waals surface area contributed by atoms with Crippen LogP contribution < -0.4 is 15.0 Å². The Kier molecular flexibility index (Phi) is 8.36. The van der Waals surface area contributed by atoms with Crippen molar-refractivity contribution in [2.45, 2.75) is 32.9 Å². The molecule has 1 atom stereocenters. The first-order chi connectivity index (χ1) is 15.5. The number of methoxy groups -OCH3 is 1. The average Bonchev–Trinajstić information content (AvgIpc) is 3.08. The fourth-order valence-corrected chi connectivity index (χ4v) is 3.79. The number of benzene rings is 2. The number of nitrogens with zero attached hydrogens (tertiary/aromatic N) is 2. The number of carbonyl (C=O) groups excluding carboxylic acids is 2. The zero-order valence-corrected chi connectivity index (χ0v) is 19.1. The minimum atomic E-state index is -0.620. The molecule has 7 nitrogen and oxygen atoms in total. The lowest BCUT2D eigenvalue weighted by Crippen LogP contribution is -2.52. The molecular formula is C25H33N3O4. The highest BCUT2D eigenvalue weighted by atomic mass is 16.5. The number of nitrogens with one attached hydrogen (secondary N) is 1. The maximum Gasteiger partial charge on any atom is 0.408 e. The molecule has 1 fully saturated rings. The van der Waals surface area contributed by atoms with Gasteiger partial charge in [0.1, 0.15) is 18.4 Å². The van der Waals surface area contributed by atoms with Gasteiger partial charge >= 0.3 is 6.09 Å². The molecule has 32 heavy (non-hydrogen) atoms. The summed E-state index contributed by atoms with van der Waals surface area (Å²) in [7, 11) is 1.65. The van der Waals surface area contributed by atoms with Crippen LogP contribution in [0.15, 0.2) is 54.6 Å². The third-order valence-electron chi connectivity index (χ3n) is 5.66. The molecule has 3 rings (SSSR count). The molecular weight excluding hydrogens is 406 g/mol. The molecule has 0 saturated carbocycles. The molecule has 1 aliphatic heterocycles. The van der Waals surface area contributed by atoms with Crippen molar-refractivity contribution < 1.29 is 19.1 Å². The summed E-state index contributed by atoms with van der Waals surface area (Å²) >= 11 is 0. The lowest BCUT2D eigenvalue weighted by atomic mass is 10.0. The maximum absolute atomic E-state index is 13.2. The fourth-order valence-electron chi connectivity index (χ4n) is 3.79. The van der Waals surface area contributed by atoms with E-state index in [0.717, 1.165) is 36.5 Å². The number of anilines is 1. The summed E-state index contributed by atoms with van der Waals surface area (Å²) in [5.41, 5.74) is 2.02. The van der Waals surface area contributed by atoms with Gasteiger partial charge in [0, 0.05) is 31.9 Å². The van der Waals surface area contributed by atoms with E-state index in [2.05, 4.69) is 10.2 Å². The van der Waals surface area contributed by atoms with E-state index in [1.54, 1.807) is 7.11 Å². The summed E-state index contributed by atoms with van der Waals surface area (Å²) in [6.07, 6.45) is 0.289. The number of carbonyl (C=O) groups is 2. The number of ether oxygens (including phenoxy) is 2. The van der Waals surface area contributed by atoms with E-state index >= 15 is 0 Å². The lowest BCUT2D eigenvalue weighted by Gasteiger charge is -2.29. The maximum atomic E-state index is 13.2. The number of alkyl carbamates (subject to hydrolysis) is 1. The molecule has 2 aromatic carbocycles. The van der Waals surface area contributed by atoms with Crippen molar-refractivity contribution in [3.8, 4) is 5.75 Å². The Morgan fingerprint density at radius 3 is 2.34 bits per heavy atom. The number of amides is 2. The van der Waals surface area contributed by atoms with Crippen LogP contribution in [-0.2, 0) is 16.1 Å². The molecule has 0 bridgehead atoms. The summed E-state index contributed by atoms with van der Waals surface area (Å²) in [5.74, 6) is 0.714. The minimum absolute atomic E-state index is 0.0484. The van der Waals surface area contributed by atoms with Crippen LogP contribution in [0.5, 0.6) is 5.75 Å².